The first-order chi connectivity index (χ1) is 6.81. The summed E-state index contributed by atoms with van der Waals surface area (Å²) in [5, 5.41) is 0.779. The van der Waals surface area contributed by atoms with E-state index in [1.807, 2.05) is 18.2 Å². The van der Waals surface area contributed by atoms with Crippen molar-refractivity contribution in [3.8, 4) is 0 Å². The first kappa shape index (κ1) is 9.97. The third kappa shape index (κ3) is 1.92. The van der Waals surface area contributed by atoms with Gasteiger partial charge in [0.2, 0.25) is 0 Å². The lowest BCUT2D eigenvalue weighted by Gasteiger charge is -2.33. The van der Waals surface area contributed by atoms with E-state index < -0.39 is 0 Å². The van der Waals surface area contributed by atoms with Crippen LogP contribution >= 0.6 is 11.6 Å². The zero-order valence-corrected chi connectivity index (χ0v) is 8.70. The van der Waals surface area contributed by atoms with Crippen LogP contribution in [0.25, 0.3) is 0 Å². The van der Waals surface area contributed by atoms with Crippen LogP contribution in [0.2, 0.25) is 5.02 Å². The summed E-state index contributed by atoms with van der Waals surface area (Å²) >= 11 is 5.94. The molecule has 2 N–H and O–H groups in total. The molecule has 0 saturated carbocycles. The van der Waals surface area contributed by atoms with Crippen molar-refractivity contribution >= 4 is 11.6 Å². The standard InChI is InChI=1S/C11H14ClNO/c12-10-3-1-2-8(4-10)11(5-13)9-6-14-7-9/h1-4,9,11H,5-7,13H2. The van der Waals surface area contributed by atoms with Crippen molar-refractivity contribution in [1.82, 2.24) is 0 Å². The molecule has 1 saturated heterocycles. The highest BCUT2D eigenvalue weighted by atomic mass is 35.5. The van der Waals surface area contributed by atoms with Gasteiger partial charge in [-0.3, -0.25) is 0 Å². The van der Waals surface area contributed by atoms with Gasteiger partial charge < -0.3 is 10.5 Å². The molecule has 0 spiro atoms. The fraction of sp³-hybridized carbons (Fsp3) is 0.455. The van der Waals surface area contributed by atoms with Gasteiger partial charge in [0.05, 0.1) is 13.2 Å². The van der Waals surface area contributed by atoms with E-state index in [1.165, 1.54) is 5.56 Å². The molecule has 1 aromatic carbocycles. The van der Waals surface area contributed by atoms with E-state index in [9.17, 15) is 0 Å². The van der Waals surface area contributed by atoms with Crippen LogP contribution in [0.4, 0.5) is 0 Å². The third-order valence-corrected chi connectivity index (χ3v) is 3.00. The summed E-state index contributed by atoms with van der Waals surface area (Å²) < 4.78 is 5.18. The Morgan fingerprint density at radius 3 is 2.79 bits per heavy atom. The van der Waals surface area contributed by atoms with E-state index in [-0.39, 0.29) is 0 Å². The molecule has 2 nitrogen and oxygen atoms in total. The number of nitrogens with two attached hydrogens (primary N) is 1. The molecule has 0 aromatic heterocycles. The highest BCUT2D eigenvalue weighted by Crippen LogP contribution is 2.30. The molecule has 0 amide bonds. The third-order valence-electron chi connectivity index (χ3n) is 2.76. The van der Waals surface area contributed by atoms with Crippen molar-refractivity contribution < 1.29 is 4.74 Å². The summed E-state index contributed by atoms with van der Waals surface area (Å²) in [5.74, 6) is 0.959. The van der Waals surface area contributed by atoms with Gasteiger partial charge in [-0.05, 0) is 24.2 Å². The van der Waals surface area contributed by atoms with Crippen molar-refractivity contribution in [1.29, 1.82) is 0 Å². The van der Waals surface area contributed by atoms with Crippen LogP contribution in [0, 0.1) is 5.92 Å². The van der Waals surface area contributed by atoms with Gasteiger partial charge in [0.15, 0.2) is 0 Å². The number of halogens is 1. The second-order valence-electron chi connectivity index (χ2n) is 3.69. The summed E-state index contributed by atoms with van der Waals surface area (Å²) in [6, 6.07) is 7.94. The number of rotatable bonds is 3. The maximum absolute atomic E-state index is 5.94. The molecule has 1 aromatic rings. The summed E-state index contributed by atoms with van der Waals surface area (Å²) in [6.07, 6.45) is 0. The molecular formula is C11H14ClNO. The Morgan fingerprint density at radius 2 is 2.29 bits per heavy atom. The number of benzene rings is 1. The van der Waals surface area contributed by atoms with Crippen molar-refractivity contribution in [2.45, 2.75) is 5.92 Å². The fourth-order valence-electron chi connectivity index (χ4n) is 1.82. The molecule has 0 aliphatic carbocycles. The maximum Gasteiger partial charge on any atom is 0.0522 e. The normalized spacial score (nSPS) is 19.0. The van der Waals surface area contributed by atoms with E-state index in [2.05, 4.69) is 6.07 Å². The Hall–Kier alpha value is -0.570. The van der Waals surface area contributed by atoms with E-state index in [0.29, 0.717) is 18.4 Å². The molecule has 1 atom stereocenters. The lowest BCUT2D eigenvalue weighted by molar-refractivity contribution is -0.0437. The molecule has 0 bridgehead atoms. The maximum atomic E-state index is 5.94. The molecule has 14 heavy (non-hydrogen) atoms. The van der Waals surface area contributed by atoms with Crippen molar-refractivity contribution in [2.75, 3.05) is 19.8 Å². The molecule has 1 unspecified atom stereocenters. The number of ether oxygens (including phenoxy) is 1. The van der Waals surface area contributed by atoms with Crippen LogP contribution < -0.4 is 5.73 Å². The van der Waals surface area contributed by atoms with Crippen LogP contribution in [0.1, 0.15) is 11.5 Å². The number of hydrogen-bond donors (Lipinski definition) is 1. The summed E-state index contributed by atoms with van der Waals surface area (Å²) in [6.45, 7) is 2.32. The van der Waals surface area contributed by atoms with Gasteiger partial charge in [0.25, 0.3) is 0 Å². The zero-order chi connectivity index (χ0) is 9.97. The van der Waals surface area contributed by atoms with Crippen LogP contribution in [-0.2, 0) is 4.74 Å². The van der Waals surface area contributed by atoms with Crippen molar-refractivity contribution in [2.24, 2.45) is 11.7 Å². The molecule has 1 aliphatic rings. The van der Waals surface area contributed by atoms with Crippen LogP contribution in [0.15, 0.2) is 24.3 Å². The molecule has 2 rings (SSSR count). The Morgan fingerprint density at radius 1 is 1.50 bits per heavy atom. The Labute approximate surface area is 89.0 Å². The summed E-state index contributed by atoms with van der Waals surface area (Å²) in [5.41, 5.74) is 7.00. The predicted molar refractivity (Wildman–Crippen MR) is 57.6 cm³/mol. The predicted octanol–water partition coefficient (Wildman–Crippen LogP) is 2.03. The number of hydrogen-bond acceptors (Lipinski definition) is 2. The second-order valence-corrected chi connectivity index (χ2v) is 4.13. The van der Waals surface area contributed by atoms with Gasteiger partial charge in [0, 0.05) is 16.9 Å². The second kappa shape index (κ2) is 4.30. The summed E-state index contributed by atoms with van der Waals surface area (Å²) in [4.78, 5) is 0. The van der Waals surface area contributed by atoms with Crippen LogP contribution in [-0.4, -0.2) is 19.8 Å². The largest absolute Gasteiger partial charge is 0.381 e. The first-order valence-electron chi connectivity index (χ1n) is 4.84. The van der Waals surface area contributed by atoms with E-state index >= 15 is 0 Å². The van der Waals surface area contributed by atoms with E-state index in [0.717, 1.165) is 18.2 Å². The smallest absolute Gasteiger partial charge is 0.0522 e. The lowest BCUT2D eigenvalue weighted by atomic mass is 9.85. The topological polar surface area (TPSA) is 35.2 Å². The van der Waals surface area contributed by atoms with E-state index in [4.69, 9.17) is 22.1 Å². The highest BCUT2D eigenvalue weighted by molar-refractivity contribution is 6.30. The Kier molecular flexibility index (Phi) is 3.06. The van der Waals surface area contributed by atoms with Crippen LogP contribution in [0.5, 0.6) is 0 Å². The zero-order valence-electron chi connectivity index (χ0n) is 7.95. The molecular weight excluding hydrogens is 198 g/mol. The monoisotopic (exact) mass is 211 g/mol. The minimum Gasteiger partial charge on any atom is -0.381 e. The Balaban J connectivity index is 2.17. The summed E-state index contributed by atoms with van der Waals surface area (Å²) in [7, 11) is 0. The van der Waals surface area contributed by atoms with Crippen LogP contribution in [0.3, 0.4) is 0 Å². The molecule has 1 heterocycles. The fourth-order valence-corrected chi connectivity index (χ4v) is 2.02. The minimum absolute atomic E-state index is 0.391. The molecule has 76 valence electrons. The van der Waals surface area contributed by atoms with Gasteiger partial charge in [0.1, 0.15) is 0 Å². The van der Waals surface area contributed by atoms with Crippen molar-refractivity contribution in [3.63, 3.8) is 0 Å². The van der Waals surface area contributed by atoms with Gasteiger partial charge in [-0.2, -0.15) is 0 Å². The average Bonchev–Trinajstić information content (AvgIpc) is 2.10. The quantitative estimate of drug-likeness (QED) is 0.831. The Bertz CT molecular complexity index is 312. The average molecular weight is 212 g/mol. The van der Waals surface area contributed by atoms with Gasteiger partial charge in [-0.25, -0.2) is 0 Å². The molecule has 1 fully saturated rings. The van der Waals surface area contributed by atoms with Crippen molar-refractivity contribution in [3.05, 3.63) is 34.9 Å². The lowest BCUT2D eigenvalue weighted by Crippen LogP contribution is -2.36. The van der Waals surface area contributed by atoms with Gasteiger partial charge >= 0.3 is 0 Å². The molecule has 1 aliphatic heterocycles. The van der Waals surface area contributed by atoms with Gasteiger partial charge in [-0.15, -0.1) is 0 Å². The SMILES string of the molecule is NCC(c1cccc(Cl)c1)C1COC1. The molecule has 0 radical (unpaired) electrons. The first-order valence-corrected chi connectivity index (χ1v) is 5.22. The highest BCUT2D eigenvalue weighted by Gasteiger charge is 2.28. The molecule has 3 heteroatoms. The van der Waals surface area contributed by atoms with E-state index in [1.54, 1.807) is 0 Å². The minimum atomic E-state index is 0.391. The van der Waals surface area contributed by atoms with Gasteiger partial charge in [-0.1, -0.05) is 23.7 Å².